The minimum atomic E-state index is -0.332. The molecule has 2 aromatic rings. The van der Waals surface area contributed by atoms with E-state index >= 15 is 0 Å². The lowest BCUT2D eigenvalue weighted by molar-refractivity contribution is -0.134. The highest BCUT2D eigenvalue weighted by atomic mass is 16.2. The molecule has 2 fully saturated rings. The van der Waals surface area contributed by atoms with Crippen molar-refractivity contribution in [3.63, 3.8) is 0 Å². The van der Waals surface area contributed by atoms with E-state index in [-0.39, 0.29) is 23.4 Å². The second kappa shape index (κ2) is 9.75. The third-order valence-electron chi connectivity index (χ3n) is 7.56. The van der Waals surface area contributed by atoms with Crippen LogP contribution in [0, 0.1) is 6.92 Å². The second-order valence-electron chi connectivity index (χ2n) is 10.0. The smallest absolute Gasteiger partial charge is 0.327 e. The molecule has 10 nitrogen and oxygen atoms in total. The molecule has 2 saturated heterocycles. The second-order valence-corrected chi connectivity index (χ2v) is 10.0. The average Bonchev–Trinajstić information content (AvgIpc) is 3.41. The van der Waals surface area contributed by atoms with Gasteiger partial charge < -0.3 is 15.1 Å². The van der Waals surface area contributed by atoms with Crippen molar-refractivity contribution in [1.82, 2.24) is 25.1 Å². The molecule has 0 saturated carbocycles. The number of hydrogen-bond acceptors (Lipinski definition) is 5. The van der Waals surface area contributed by atoms with Gasteiger partial charge in [0, 0.05) is 57.3 Å². The predicted molar refractivity (Wildman–Crippen MR) is 136 cm³/mol. The van der Waals surface area contributed by atoms with Crippen molar-refractivity contribution in [2.75, 3.05) is 50.0 Å². The molecule has 5 rings (SSSR count). The van der Waals surface area contributed by atoms with E-state index in [0.29, 0.717) is 31.9 Å². The highest BCUT2D eigenvalue weighted by Crippen LogP contribution is 2.47. The van der Waals surface area contributed by atoms with E-state index in [1.807, 2.05) is 28.9 Å². The maximum Gasteiger partial charge on any atom is 0.327 e. The molecule has 5 amide bonds. The zero-order chi connectivity index (χ0) is 25.3. The molecule has 36 heavy (non-hydrogen) atoms. The Bertz CT molecular complexity index is 1160. The molecule has 3 aliphatic heterocycles. The average molecular weight is 492 g/mol. The van der Waals surface area contributed by atoms with Crippen LogP contribution in [0.2, 0.25) is 0 Å². The van der Waals surface area contributed by atoms with E-state index in [9.17, 15) is 14.4 Å². The number of aromatic nitrogens is 2. The number of nitrogens with one attached hydrogen (secondary N) is 2. The van der Waals surface area contributed by atoms with Gasteiger partial charge >= 0.3 is 12.1 Å². The Labute approximate surface area is 211 Å². The van der Waals surface area contributed by atoms with E-state index < -0.39 is 0 Å². The van der Waals surface area contributed by atoms with Gasteiger partial charge in [0.15, 0.2) is 5.82 Å². The van der Waals surface area contributed by atoms with Gasteiger partial charge in [0.25, 0.3) is 0 Å². The number of urea groups is 2. The topological polar surface area (TPSA) is 111 Å². The number of likely N-dealkylation sites (tertiary alicyclic amines) is 2. The van der Waals surface area contributed by atoms with Gasteiger partial charge in [-0.2, -0.15) is 0 Å². The van der Waals surface area contributed by atoms with Crippen molar-refractivity contribution in [1.29, 1.82) is 0 Å². The molecule has 1 unspecified atom stereocenters. The minimum absolute atomic E-state index is 0.105. The van der Waals surface area contributed by atoms with Crippen molar-refractivity contribution in [2.24, 2.45) is 0 Å². The number of fused-ring (bicyclic) bond motifs is 2. The van der Waals surface area contributed by atoms with Gasteiger partial charge in [0.2, 0.25) is 5.91 Å². The summed E-state index contributed by atoms with van der Waals surface area (Å²) in [5, 5.41) is 5.58. The van der Waals surface area contributed by atoms with E-state index in [4.69, 9.17) is 0 Å². The van der Waals surface area contributed by atoms with Crippen molar-refractivity contribution >= 4 is 29.5 Å². The first kappa shape index (κ1) is 24.0. The number of amides is 5. The molecule has 10 heteroatoms. The maximum absolute atomic E-state index is 13.3. The summed E-state index contributed by atoms with van der Waals surface area (Å²) in [5.41, 5.74) is 3.53. The van der Waals surface area contributed by atoms with Crippen molar-refractivity contribution in [3.8, 4) is 0 Å². The van der Waals surface area contributed by atoms with Crippen molar-refractivity contribution < 1.29 is 14.4 Å². The van der Waals surface area contributed by atoms with Crippen LogP contribution in [0.15, 0.2) is 30.6 Å². The molecule has 3 aliphatic rings. The van der Waals surface area contributed by atoms with Crippen LogP contribution < -0.4 is 15.5 Å². The summed E-state index contributed by atoms with van der Waals surface area (Å²) in [7, 11) is 1.64. The van der Waals surface area contributed by atoms with E-state index in [1.54, 1.807) is 24.3 Å². The molecule has 2 N–H and O–H groups in total. The van der Waals surface area contributed by atoms with Crippen LogP contribution in [0.4, 0.5) is 21.1 Å². The third-order valence-corrected chi connectivity index (χ3v) is 7.56. The van der Waals surface area contributed by atoms with Gasteiger partial charge in [-0.25, -0.2) is 14.6 Å². The van der Waals surface area contributed by atoms with E-state index in [2.05, 4.69) is 26.7 Å². The highest BCUT2D eigenvalue weighted by Gasteiger charge is 2.49. The van der Waals surface area contributed by atoms with E-state index in [0.717, 1.165) is 61.3 Å². The van der Waals surface area contributed by atoms with Crippen LogP contribution in [0.5, 0.6) is 0 Å². The summed E-state index contributed by atoms with van der Waals surface area (Å²) >= 11 is 0. The molecule has 4 heterocycles. The van der Waals surface area contributed by atoms with Gasteiger partial charge in [0.1, 0.15) is 0 Å². The Kier molecular flexibility index (Phi) is 6.51. The van der Waals surface area contributed by atoms with Crippen LogP contribution in [-0.4, -0.2) is 77.5 Å². The number of aryl methyl sites for hydroxylation is 2. The molecule has 0 radical (unpaired) electrons. The number of anilines is 2. The quantitative estimate of drug-likeness (QED) is 0.668. The highest BCUT2D eigenvalue weighted by molar-refractivity contribution is 6.03. The lowest BCUT2D eigenvalue weighted by atomic mass is 9.80. The SMILES string of the molecule is CNC(=O)N1CCC2(C1)CN(C(=O)Nc1cnc(C)cn1)c1ccc(CCCC(=O)N3CCC3)cc12. The molecule has 1 aromatic carbocycles. The Balaban J connectivity index is 1.36. The fourth-order valence-electron chi connectivity index (χ4n) is 5.41. The standard InChI is InChI=1S/C26H33N7O3/c1-18-14-29-22(15-28-18)30-25(36)33-17-26(9-12-32(16-26)24(35)27-2)20-13-19(7-8-21(20)33)5-3-6-23(34)31-10-4-11-31/h7-8,13-15H,3-6,9-12,16-17H2,1-2H3,(H,27,35)(H,29,30,36). The predicted octanol–water partition coefficient (Wildman–Crippen LogP) is 2.68. The molecule has 0 aliphatic carbocycles. The zero-order valence-corrected chi connectivity index (χ0v) is 20.9. The molecule has 1 spiro atoms. The van der Waals surface area contributed by atoms with E-state index in [1.165, 1.54) is 0 Å². The van der Waals surface area contributed by atoms with Crippen LogP contribution in [0.25, 0.3) is 0 Å². The zero-order valence-electron chi connectivity index (χ0n) is 20.9. The number of benzene rings is 1. The summed E-state index contributed by atoms with van der Waals surface area (Å²) in [6.45, 7) is 5.27. The van der Waals surface area contributed by atoms with Crippen LogP contribution in [-0.2, 0) is 16.6 Å². The summed E-state index contributed by atoms with van der Waals surface area (Å²) in [5.74, 6) is 0.632. The minimum Gasteiger partial charge on any atom is -0.343 e. The largest absolute Gasteiger partial charge is 0.343 e. The van der Waals surface area contributed by atoms with Crippen LogP contribution >= 0.6 is 0 Å². The van der Waals surface area contributed by atoms with Crippen LogP contribution in [0.1, 0.15) is 42.5 Å². The first-order valence-electron chi connectivity index (χ1n) is 12.6. The number of nitrogens with zero attached hydrogens (tertiary/aromatic N) is 5. The van der Waals surface area contributed by atoms with Crippen molar-refractivity contribution in [3.05, 3.63) is 47.4 Å². The Morgan fingerprint density at radius 2 is 1.86 bits per heavy atom. The number of carbonyl (C=O) groups excluding carboxylic acids is 3. The third kappa shape index (κ3) is 4.59. The molecular formula is C26H33N7O3. The summed E-state index contributed by atoms with van der Waals surface area (Å²) < 4.78 is 0. The van der Waals surface area contributed by atoms with Crippen LogP contribution in [0.3, 0.4) is 0 Å². The fraction of sp³-hybridized carbons (Fsp3) is 0.500. The molecule has 1 aromatic heterocycles. The Hall–Kier alpha value is -3.69. The van der Waals surface area contributed by atoms with Gasteiger partial charge in [-0.15, -0.1) is 0 Å². The number of hydrogen-bond donors (Lipinski definition) is 2. The first-order chi connectivity index (χ1) is 17.4. The van der Waals surface area contributed by atoms with Gasteiger partial charge in [-0.1, -0.05) is 12.1 Å². The maximum atomic E-state index is 13.3. The lowest BCUT2D eigenvalue weighted by Gasteiger charge is -2.30. The first-order valence-corrected chi connectivity index (χ1v) is 12.6. The summed E-state index contributed by atoms with van der Waals surface area (Å²) in [6, 6.07) is 5.85. The molecule has 190 valence electrons. The fourth-order valence-corrected chi connectivity index (χ4v) is 5.41. The molecule has 1 atom stereocenters. The number of rotatable bonds is 5. The number of carbonyl (C=O) groups is 3. The Morgan fingerprint density at radius 1 is 1.03 bits per heavy atom. The lowest BCUT2D eigenvalue weighted by Crippen LogP contribution is -2.43. The van der Waals surface area contributed by atoms with Gasteiger partial charge in [0.05, 0.1) is 18.1 Å². The monoisotopic (exact) mass is 491 g/mol. The molecular weight excluding hydrogens is 458 g/mol. The molecule has 0 bridgehead atoms. The van der Waals surface area contributed by atoms with Crippen molar-refractivity contribution in [2.45, 2.75) is 44.4 Å². The van der Waals surface area contributed by atoms with Gasteiger partial charge in [-0.05, 0) is 49.8 Å². The normalized spacial score (nSPS) is 20.3. The van der Waals surface area contributed by atoms with Gasteiger partial charge in [-0.3, -0.25) is 20.0 Å². The Morgan fingerprint density at radius 3 is 2.56 bits per heavy atom. The summed E-state index contributed by atoms with van der Waals surface area (Å²) in [4.78, 5) is 51.9. The summed E-state index contributed by atoms with van der Waals surface area (Å²) in [6.07, 6.45) is 7.19.